The molecular formula is C24H20O. The van der Waals surface area contributed by atoms with E-state index in [-0.39, 0.29) is 0 Å². The highest BCUT2D eigenvalue weighted by atomic mass is 16.3. The van der Waals surface area contributed by atoms with Crippen LogP contribution in [0.3, 0.4) is 0 Å². The van der Waals surface area contributed by atoms with Gasteiger partial charge in [0.15, 0.2) is 0 Å². The Bertz CT molecular complexity index is 978. The Morgan fingerprint density at radius 1 is 0.520 bits per heavy atom. The molecule has 0 atom stereocenters. The molecule has 3 aromatic carbocycles. The summed E-state index contributed by atoms with van der Waals surface area (Å²) < 4.78 is 6.13. The zero-order valence-corrected chi connectivity index (χ0v) is 14.5. The molecule has 0 saturated heterocycles. The van der Waals surface area contributed by atoms with Crippen LogP contribution in [0.4, 0.5) is 0 Å². The zero-order valence-electron chi connectivity index (χ0n) is 14.5. The van der Waals surface area contributed by atoms with Gasteiger partial charge in [-0.05, 0) is 36.1 Å². The molecule has 0 fully saturated rings. The fourth-order valence-corrected chi connectivity index (χ4v) is 3.23. The Balaban J connectivity index is 1.79. The number of furan rings is 1. The summed E-state index contributed by atoms with van der Waals surface area (Å²) in [5, 5.41) is 0. The lowest BCUT2D eigenvalue weighted by Crippen LogP contribution is -1.83. The van der Waals surface area contributed by atoms with Crippen LogP contribution < -0.4 is 0 Å². The fraction of sp³-hybridized carbons (Fsp3) is 0.0833. The van der Waals surface area contributed by atoms with Crippen molar-refractivity contribution in [3.8, 4) is 33.6 Å². The van der Waals surface area contributed by atoms with Gasteiger partial charge >= 0.3 is 0 Å². The molecule has 25 heavy (non-hydrogen) atoms. The average Bonchev–Trinajstić information content (AvgIpc) is 2.98. The molecule has 0 amide bonds. The Morgan fingerprint density at radius 3 is 1.60 bits per heavy atom. The van der Waals surface area contributed by atoms with Crippen LogP contribution in [0.25, 0.3) is 33.6 Å². The standard InChI is InChI=1S/C24H20O/c1-17-18(2)25-24(23(17)21-11-7-4-8-12-21)22-15-13-20(14-16-22)19-9-5-3-6-10-19/h3-16H,1-2H3. The summed E-state index contributed by atoms with van der Waals surface area (Å²) >= 11 is 0. The van der Waals surface area contributed by atoms with Crippen LogP contribution in [0.5, 0.6) is 0 Å². The molecule has 0 aliphatic carbocycles. The van der Waals surface area contributed by atoms with Crippen LogP contribution in [-0.2, 0) is 0 Å². The fourth-order valence-electron chi connectivity index (χ4n) is 3.23. The number of aryl methyl sites for hydroxylation is 1. The van der Waals surface area contributed by atoms with Gasteiger partial charge in [-0.15, -0.1) is 0 Å². The SMILES string of the molecule is Cc1oc(-c2ccc(-c3ccccc3)cc2)c(-c2ccccc2)c1C. The van der Waals surface area contributed by atoms with Crippen molar-refractivity contribution in [2.24, 2.45) is 0 Å². The van der Waals surface area contributed by atoms with E-state index < -0.39 is 0 Å². The third-order valence-electron chi connectivity index (χ3n) is 4.70. The summed E-state index contributed by atoms with van der Waals surface area (Å²) in [6.45, 7) is 4.16. The van der Waals surface area contributed by atoms with E-state index in [4.69, 9.17) is 4.42 Å². The van der Waals surface area contributed by atoms with E-state index in [0.29, 0.717) is 0 Å². The molecule has 1 heteroatoms. The largest absolute Gasteiger partial charge is 0.460 e. The maximum absolute atomic E-state index is 6.13. The van der Waals surface area contributed by atoms with Crippen LogP contribution in [0.2, 0.25) is 0 Å². The maximum atomic E-state index is 6.13. The van der Waals surface area contributed by atoms with Gasteiger partial charge in [0.2, 0.25) is 0 Å². The molecule has 0 aliphatic heterocycles. The number of hydrogen-bond acceptors (Lipinski definition) is 1. The maximum Gasteiger partial charge on any atom is 0.142 e. The van der Waals surface area contributed by atoms with E-state index in [9.17, 15) is 0 Å². The van der Waals surface area contributed by atoms with Crippen molar-refractivity contribution in [1.29, 1.82) is 0 Å². The first-order chi connectivity index (χ1) is 12.2. The van der Waals surface area contributed by atoms with Gasteiger partial charge < -0.3 is 4.42 Å². The minimum absolute atomic E-state index is 0.945. The zero-order chi connectivity index (χ0) is 17.2. The van der Waals surface area contributed by atoms with Gasteiger partial charge in [0.25, 0.3) is 0 Å². The summed E-state index contributed by atoms with van der Waals surface area (Å²) in [5.41, 5.74) is 7.13. The van der Waals surface area contributed by atoms with E-state index in [0.717, 1.165) is 17.1 Å². The summed E-state index contributed by atoms with van der Waals surface area (Å²) in [6.07, 6.45) is 0. The van der Waals surface area contributed by atoms with Crippen LogP contribution in [0, 0.1) is 13.8 Å². The molecule has 4 rings (SSSR count). The van der Waals surface area contributed by atoms with Crippen molar-refractivity contribution in [2.75, 3.05) is 0 Å². The first-order valence-corrected chi connectivity index (χ1v) is 8.55. The second-order valence-electron chi connectivity index (χ2n) is 6.30. The van der Waals surface area contributed by atoms with Gasteiger partial charge in [-0.2, -0.15) is 0 Å². The summed E-state index contributed by atoms with van der Waals surface area (Å²) in [6, 6.07) is 29.5. The third kappa shape index (κ3) is 2.89. The Morgan fingerprint density at radius 2 is 1.00 bits per heavy atom. The summed E-state index contributed by atoms with van der Waals surface area (Å²) in [5.74, 6) is 1.92. The van der Waals surface area contributed by atoms with Gasteiger partial charge in [0.05, 0.1) is 0 Å². The van der Waals surface area contributed by atoms with Crippen LogP contribution in [0.1, 0.15) is 11.3 Å². The molecule has 0 radical (unpaired) electrons. The Labute approximate surface area is 148 Å². The lowest BCUT2D eigenvalue weighted by Gasteiger charge is -2.06. The molecule has 0 bridgehead atoms. The minimum Gasteiger partial charge on any atom is -0.460 e. The molecule has 1 nitrogen and oxygen atoms in total. The van der Waals surface area contributed by atoms with Crippen molar-refractivity contribution in [3.63, 3.8) is 0 Å². The lowest BCUT2D eigenvalue weighted by atomic mass is 9.96. The van der Waals surface area contributed by atoms with Crippen LogP contribution >= 0.6 is 0 Å². The topological polar surface area (TPSA) is 13.1 Å². The number of hydrogen-bond donors (Lipinski definition) is 0. The van der Waals surface area contributed by atoms with E-state index in [1.165, 1.54) is 27.8 Å². The number of rotatable bonds is 3. The van der Waals surface area contributed by atoms with E-state index in [1.54, 1.807) is 0 Å². The molecule has 4 aromatic rings. The molecule has 0 N–H and O–H groups in total. The van der Waals surface area contributed by atoms with Crippen molar-refractivity contribution in [2.45, 2.75) is 13.8 Å². The van der Waals surface area contributed by atoms with Gasteiger partial charge in [-0.3, -0.25) is 0 Å². The number of benzene rings is 3. The average molecular weight is 324 g/mol. The second-order valence-corrected chi connectivity index (χ2v) is 6.30. The Hall–Kier alpha value is -3.06. The van der Waals surface area contributed by atoms with Gasteiger partial charge in [-0.25, -0.2) is 0 Å². The highest BCUT2D eigenvalue weighted by molar-refractivity contribution is 5.83. The van der Waals surface area contributed by atoms with Crippen molar-refractivity contribution in [1.82, 2.24) is 0 Å². The smallest absolute Gasteiger partial charge is 0.142 e. The third-order valence-corrected chi connectivity index (χ3v) is 4.70. The summed E-state index contributed by atoms with van der Waals surface area (Å²) in [4.78, 5) is 0. The molecule has 1 aromatic heterocycles. The molecule has 0 spiro atoms. The molecule has 0 unspecified atom stereocenters. The predicted molar refractivity (Wildman–Crippen MR) is 104 cm³/mol. The molecular weight excluding hydrogens is 304 g/mol. The molecule has 0 aliphatic rings. The summed E-state index contributed by atoms with van der Waals surface area (Å²) in [7, 11) is 0. The van der Waals surface area contributed by atoms with Crippen molar-refractivity contribution >= 4 is 0 Å². The van der Waals surface area contributed by atoms with Crippen molar-refractivity contribution in [3.05, 3.63) is 96.3 Å². The molecule has 0 saturated carbocycles. The van der Waals surface area contributed by atoms with Gasteiger partial charge in [-0.1, -0.05) is 84.9 Å². The normalized spacial score (nSPS) is 10.8. The molecule has 1 heterocycles. The van der Waals surface area contributed by atoms with Crippen molar-refractivity contribution < 1.29 is 4.42 Å². The molecule has 122 valence electrons. The van der Waals surface area contributed by atoms with Crippen LogP contribution in [0.15, 0.2) is 89.3 Å². The predicted octanol–water partition coefficient (Wildman–Crippen LogP) is 6.90. The first kappa shape index (κ1) is 15.5. The first-order valence-electron chi connectivity index (χ1n) is 8.55. The Kier molecular flexibility index (Phi) is 3.99. The van der Waals surface area contributed by atoms with Gasteiger partial charge in [0.1, 0.15) is 11.5 Å². The lowest BCUT2D eigenvalue weighted by molar-refractivity contribution is 0.546. The highest BCUT2D eigenvalue weighted by Crippen LogP contribution is 2.39. The monoisotopic (exact) mass is 324 g/mol. The van der Waals surface area contributed by atoms with Crippen LogP contribution in [-0.4, -0.2) is 0 Å². The quantitative estimate of drug-likeness (QED) is 0.399. The minimum atomic E-state index is 0.945. The second kappa shape index (κ2) is 6.45. The highest BCUT2D eigenvalue weighted by Gasteiger charge is 2.17. The van der Waals surface area contributed by atoms with E-state index in [1.807, 2.05) is 19.1 Å². The van der Waals surface area contributed by atoms with Gasteiger partial charge in [0, 0.05) is 11.1 Å². The van der Waals surface area contributed by atoms with E-state index in [2.05, 4.69) is 79.7 Å². The van der Waals surface area contributed by atoms with E-state index >= 15 is 0 Å².